The fourth-order valence-electron chi connectivity index (χ4n) is 2.16. The summed E-state index contributed by atoms with van der Waals surface area (Å²) in [5, 5.41) is 5.71. The molecule has 2 N–H and O–H groups in total. The Morgan fingerprint density at radius 1 is 1.42 bits per heavy atom. The zero-order valence-corrected chi connectivity index (χ0v) is 9.91. The van der Waals surface area contributed by atoms with Gasteiger partial charge in [-0.1, -0.05) is 0 Å². The minimum atomic E-state index is -3.64. The van der Waals surface area contributed by atoms with E-state index in [0.717, 1.165) is 19.4 Å². The van der Waals surface area contributed by atoms with E-state index in [2.05, 4.69) is 20.1 Å². The van der Waals surface area contributed by atoms with Gasteiger partial charge in [0, 0.05) is 13.2 Å². The number of hydrogen-bond acceptors (Lipinski definition) is 4. The number of alkyl halides is 2. The highest BCUT2D eigenvalue weighted by molar-refractivity contribution is 5.95. The highest BCUT2D eigenvalue weighted by Gasteiger charge is 2.43. The molecular weight excluding hydrogens is 258 g/mol. The van der Waals surface area contributed by atoms with Crippen molar-refractivity contribution in [2.24, 2.45) is 0 Å². The first kappa shape index (κ1) is 12.2. The number of carbonyl (C=O) groups is 1. The van der Waals surface area contributed by atoms with Gasteiger partial charge in [0.15, 0.2) is 11.5 Å². The lowest BCUT2D eigenvalue weighted by molar-refractivity contribution is -0.286. The van der Waals surface area contributed by atoms with Crippen LogP contribution in [0.15, 0.2) is 18.2 Å². The second kappa shape index (κ2) is 4.34. The number of halogens is 2. The van der Waals surface area contributed by atoms with E-state index in [-0.39, 0.29) is 24.9 Å². The summed E-state index contributed by atoms with van der Waals surface area (Å²) in [7, 11) is 0. The van der Waals surface area contributed by atoms with Crippen LogP contribution in [0.3, 0.4) is 0 Å². The molecule has 0 saturated carbocycles. The number of benzene rings is 1. The second-order valence-corrected chi connectivity index (χ2v) is 4.47. The zero-order valence-electron chi connectivity index (χ0n) is 9.91. The highest BCUT2D eigenvalue weighted by atomic mass is 19.3. The summed E-state index contributed by atoms with van der Waals surface area (Å²) in [4.78, 5) is 11.8. The molecule has 19 heavy (non-hydrogen) atoms. The molecule has 0 spiro atoms. The van der Waals surface area contributed by atoms with E-state index in [4.69, 9.17) is 0 Å². The summed E-state index contributed by atoms with van der Waals surface area (Å²) in [5.74, 6) is -0.299. The van der Waals surface area contributed by atoms with Crippen molar-refractivity contribution in [1.29, 1.82) is 0 Å². The van der Waals surface area contributed by atoms with E-state index in [1.54, 1.807) is 0 Å². The van der Waals surface area contributed by atoms with Gasteiger partial charge in [0.05, 0.1) is 6.04 Å². The van der Waals surface area contributed by atoms with Crippen LogP contribution in [-0.4, -0.2) is 24.8 Å². The van der Waals surface area contributed by atoms with E-state index >= 15 is 0 Å². The second-order valence-electron chi connectivity index (χ2n) is 4.47. The molecular formula is C12H14F2N2O3. The molecule has 1 saturated heterocycles. The molecule has 104 valence electrons. The summed E-state index contributed by atoms with van der Waals surface area (Å²) < 4.78 is 34.3. The number of amides is 1. The molecule has 0 aliphatic carbocycles. The number of hydrogen-bond donors (Lipinski definition) is 2. The molecule has 2 aliphatic heterocycles. The summed E-state index contributed by atoms with van der Waals surface area (Å²) in [6.07, 6.45) is -1.92. The van der Waals surface area contributed by atoms with Crippen LogP contribution in [0.1, 0.15) is 14.3 Å². The minimum Gasteiger partial charge on any atom is -0.395 e. The van der Waals surface area contributed by atoms with Crippen molar-refractivity contribution in [3.05, 3.63) is 18.2 Å². The largest absolute Gasteiger partial charge is 0.586 e. The first-order valence-corrected chi connectivity index (χ1v) is 5.98. The van der Waals surface area contributed by atoms with Crippen molar-refractivity contribution in [2.45, 2.75) is 25.2 Å². The Kier molecular flexibility index (Phi) is 2.78. The smallest absolute Gasteiger partial charge is 0.395 e. The van der Waals surface area contributed by atoms with Crippen molar-refractivity contribution in [2.75, 3.05) is 11.9 Å². The molecule has 1 aromatic rings. The molecule has 0 radical (unpaired) electrons. The van der Waals surface area contributed by atoms with E-state index in [1.807, 2.05) is 0 Å². The minimum absolute atomic E-state index is 0. The predicted octanol–water partition coefficient (Wildman–Crippen LogP) is 1.94. The summed E-state index contributed by atoms with van der Waals surface area (Å²) in [5.41, 5.74) is 0.402. The molecule has 0 aromatic heterocycles. The maximum Gasteiger partial charge on any atom is 0.586 e. The van der Waals surface area contributed by atoms with Crippen molar-refractivity contribution in [3.63, 3.8) is 0 Å². The van der Waals surface area contributed by atoms with Gasteiger partial charge in [-0.3, -0.25) is 4.79 Å². The van der Waals surface area contributed by atoms with Crippen LogP contribution >= 0.6 is 0 Å². The SMILES string of the molecule is O=C(Nc1ccc2c(c1)OC(F)(F)O2)[C@@H]1CCCN1.[HH]. The number of nitrogens with one attached hydrogen (secondary N) is 2. The number of carbonyl (C=O) groups excluding carboxylic acids is 1. The Labute approximate surface area is 109 Å². The van der Waals surface area contributed by atoms with Crippen LogP contribution < -0.4 is 20.1 Å². The molecule has 2 aliphatic rings. The van der Waals surface area contributed by atoms with Crippen molar-refractivity contribution < 1.29 is 24.5 Å². The topological polar surface area (TPSA) is 59.6 Å². The van der Waals surface area contributed by atoms with Crippen molar-refractivity contribution >= 4 is 11.6 Å². The summed E-state index contributed by atoms with van der Waals surface area (Å²) >= 11 is 0. The first-order valence-electron chi connectivity index (χ1n) is 5.98. The fourth-order valence-corrected chi connectivity index (χ4v) is 2.16. The molecule has 0 unspecified atom stereocenters. The van der Waals surface area contributed by atoms with Crippen molar-refractivity contribution in [1.82, 2.24) is 5.32 Å². The van der Waals surface area contributed by atoms with Gasteiger partial charge in [-0.05, 0) is 31.5 Å². The Bertz CT molecular complexity index is 521. The average Bonchev–Trinajstić information content (AvgIpc) is 2.93. The monoisotopic (exact) mass is 272 g/mol. The highest BCUT2D eigenvalue weighted by Crippen LogP contribution is 2.42. The Hall–Kier alpha value is -1.89. The lowest BCUT2D eigenvalue weighted by atomic mass is 10.2. The molecule has 1 aromatic carbocycles. The molecule has 7 heteroatoms. The quantitative estimate of drug-likeness (QED) is 0.864. The van der Waals surface area contributed by atoms with Gasteiger partial charge in [-0.15, -0.1) is 8.78 Å². The van der Waals surface area contributed by atoms with Crippen LogP contribution in [0.5, 0.6) is 11.5 Å². The normalized spacial score (nSPS) is 23.4. The van der Waals surface area contributed by atoms with Gasteiger partial charge >= 0.3 is 6.29 Å². The number of rotatable bonds is 2. The molecule has 3 rings (SSSR count). The molecule has 1 amide bonds. The van der Waals surface area contributed by atoms with Crippen LogP contribution in [0.25, 0.3) is 0 Å². The Morgan fingerprint density at radius 2 is 2.21 bits per heavy atom. The lowest BCUT2D eigenvalue weighted by Gasteiger charge is -2.11. The van der Waals surface area contributed by atoms with Crippen LogP contribution in [0.4, 0.5) is 14.5 Å². The van der Waals surface area contributed by atoms with E-state index in [9.17, 15) is 13.6 Å². The third-order valence-corrected chi connectivity index (χ3v) is 3.05. The summed E-state index contributed by atoms with van der Waals surface area (Å²) in [6, 6.07) is 3.93. The van der Waals surface area contributed by atoms with Crippen LogP contribution in [-0.2, 0) is 4.79 Å². The third-order valence-electron chi connectivity index (χ3n) is 3.05. The lowest BCUT2D eigenvalue weighted by Crippen LogP contribution is -2.35. The molecule has 2 heterocycles. The zero-order chi connectivity index (χ0) is 13.5. The first-order chi connectivity index (χ1) is 9.03. The van der Waals surface area contributed by atoms with Gasteiger partial charge in [-0.25, -0.2) is 0 Å². The number of ether oxygens (including phenoxy) is 2. The standard InChI is InChI=1S/C12H12F2N2O3.H2/c13-12(14)18-9-4-3-7(6-10(9)19-12)16-11(17)8-2-1-5-15-8;/h3-4,6,8,15H,1-2,5H2,(H,16,17);1H/t8-;/m0./s1. The molecule has 5 nitrogen and oxygen atoms in total. The number of anilines is 1. The van der Waals surface area contributed by atoms with Gasteiger partial charge < -0.3 is 20.1 Å². The van der Waals surface area contributed by atoms with Gasteiger partial charge in [0.2, 0.25) is 5.91 Å². The fraction of sp³-hybridized carbons (Fsp3) is 0.417. The predicted molar refractivity (Wildman–Crippen MR) is 64.4 cm³/mol. The molecule has 1 atom stereocenters. The third kappa shape index (κ3) is 2.46. The molecule has 1 fully saturated rings. The average molecular weight is 272 g/mol. The van der Waals surface area contributed by atoms with E-state index < -0.39 is 6.29 Å². The number of fused-ring (bicyclic) bond motifs is 1. The Balaban J connectivity index is 0.00000147. The van der Waals surface area contributed by atoms with Gasteiger partial charge in [0.25, 0.3) is 0 Å². The van der Waals surface area contributed by atoms with Crippen molar-refractivity contribution in [3.8, 4) is 11.5 Å². The maximum atomic E-state index is 12.8. The summed E-state index contributed by atoms with van der Waals surface area (Å²) in [6.45, 7) is 0.811. The molecule has 0 bridgehead atoms. The van der Waals surface area contributed by atoms with E-state index in [1.165, 1.54) is 18.2 Å². The van der Waals surface area contributed by atoms with Gasteiger partial charge in [-0.2, -0.15) is 0 Å². The van der Waals surface area contributed by atoms with E-state index in [0.29, 0.717) is 5.69 Å². The van der Waals surface area contributed by atoms with Crippen LogP contribution in [0.2, 0.25) is 0 Å². The maximum absolute atomic E-state index is 12.8. The van der Waals surface area contributed by atoms with Crippen LogP contribution in [0, 0.1) is 0 Å². The van der Waals surface area contributed by atoms with Gasteiger partial charge in [0.1, 0.15) is 0 Å². The Morgan fingerprint density at radius 3 is 2.95 bits per heavy atom.